The molecule has 0 saturated carbocycles. The number of aromatic amines is 1. The summed E-state index contributed by atoms with van der Waals surface area (Å²) in [6, 6.07) is 23.5. The molecule has 4 aromatic rings. The quantitative estimate of drug-likeness (QED) is 0.264. The van der Waals surface area contributed by atoms with E-state index in [4.69, 9.17) is 0 Å². The number of halogens is 1. The van der Waals surface area contributed by atoms with Crippen molar-refractivity contribution >= 4 is 45.1 Å². The number of hydrogen-bond donors (Lipinski definition) is 2. The molecule has 0 saturated heterocycles. The van der Waals surface area contributed by atoms with Crippen LogP contribution in [0.1, 0.15) is 20.7 Å². The zero-order valence-corrected chi connectivity index (χ0v) is 18.6. The fourth-order valence-corrected chi connectivity index (χ4v) is 4.00. The third-order valence-corrected chi connectivity index (χ3v) is 5.97. The number of thioether (sulfide) groups is 1. The van der Waals surface area contributed by atoms with Crippen LogP contribution in [0, 0.1) is 0 Å². The Bertz CT molecular complexity index is 1210. The molecule has 0 spiro atoms. The SMILES string of the molecule is O=C(CSc1n[nH]c(-c2ccccc2Br)n1)c1ccc(NC(=O)c2ccccc2)cc1. The number of nitrogens with one attached hydrogen (secondary N) is 2. The molecular weight excluding hydrogens is 476 g/mol. The topological polar surface area (TPSA) is 87.7 Å². The number of hydrogen-bond acceptors (Lipinski definition) is 5. The summed E-state index contributed by atoms with van der Waals surface area (Å²) in [6.45, 7) is 0. The number of rotatable bonds is 7. The molecule has 0 atom stereocenters. The van der Waals surface area contributed by atoms with E-state index in [-0.39, 0.29) is 17.4 Å². The number of anilines is 1. The van der Waals surface area contributed by atoms with Crippen molar-refractivity contribution in [2.75, 3.05) is 11.1 Å². The minimum atomic E-state index is -0.194. The Kier molecular flexibility index (Phi) is 6.59. The van der Waals surface area contributed by atoms with Crippen LogP contribution in [-0.4, -0.2) is 32.6 Å². The number of Topliss-reactive ketones (excluding diaryl/α,β-unsaturated/α-hetero) is 1. The van der Waals surface area contributed by atoms with Crippen molar-refractivity contribution in [3.8, 4) is 11.4 Å². The second kappa shape index (κ2) is 9.72. The van der Waals surface area contributed by atoms with Gasteiger partial charge in [0.15, 0.2) is 11.6 Å². The van der Waals surface area contributed by atoms with E-state index in [1.54, 1.807) is 36.4 Å². The van der Waals surface area contributed by atoms with Crippen molar-refractivity contribution in [3.05, 3.63) is 94.5 Å². The van der Waals surface area contributed by atoms with Gasteiger partial charge in [0.2, 0.25) is 5.16 Å². The van der Waals surface area contributed by atoms with Crippen LogP contribution in [0.5, 0.6) is 0 Å². The standard InChI is InChI=1S/C23H17BrN4O2S/c24-19-9-5-4-8-18(19)21-26-23(28-27-21)31-14-20(29)15-10-12-17(13-11-15)25-22(30)16-6-2-1-3-7-16/h1-13H,14H2,(H,25,30)(H,26,27,28). The fraction of sp³-hybridized carbons (Fsp3) is 0.0435. The Hall–Kier alpha value is -3.23. The summed E-state index contributed by atoms with van der Waals surface area (Å²) in [7, 11) is 0. The van der Waals surface area contributed by atoms with Gasteiger partial charge in [-0.25, -0.2) is 4.98 Å². The van der Waals surface area contributed by atoms with Gasteiger partial charge in [-0.3, -0.25) is 14.7 Å². The summed E-state index contributed by atoms with van der Waals surface area (Å²) >= 11 is 4.76. The number of carbonyl (C=O) groups is 2. The molecule has 0 aliphatic heterocycles. The molecule has 154 valence electrons. The van der Waals surface area contributed by atoms with Crippen LogP contribution in [0.3, 0.4) is 0 Å². The Morgan fingerprint density at radius 1 is 0.903 bits per heavy atom. The second-order valence-electron chi connectivity index (χ2n) is 6.56. The maximum Gasteiger partial charge on any atom is 0.255 e. The zero-order chi connectivity index (χ0) is 21.6. The van der Waals surface area contributed by atoms with Gasteiger partial charge in [-0.1, -0.05) is 64.1 Å². The summed E-state index contributed by atoms with van der Waals surface area (Å²) in [5.41, 5.74) is 2.67. The molecule has 0 fully saturated rings. The number of ketones is 1. The number of amides is 1. The minimum absolute atomic E-state index is 0.0434. The van der Waals surface area contributed by atoms with Gasteiger partial charge in [-0.2, -0.15) is 0 Å². The number of aromatic nitrogens is 3. The van der Waals surface area contributed by atoms with E-state index in [1.807, 2.05) is 42.5 Å². The molecular formula is C23H17BrN4O2S. The van der Waals surface area contributed by atoms with E-state index in [0.29, 0.717) is 27.8 Å². The van der Waals surface area contributed by atoms with E-state index in [0.717, 1.165) is 10.0 Å². The molecule has 1 aromatic heterocycles. The van der Waals surface area contributed by atoms with Gasteiger partial charge >= 0.3 is 0 Å². The third kappa shape index (κ3) is 5.28. The predicted octanol–water partition coefficient (Wildman–Crippen LogP) is 5.46. The van der Waals surface area contributed by atoms with Crippen LogP contribution in [0.2, 0.25) is 0 Å². The summed E-state index contributed by atoms with van der Waals surface area (Å²) in [5.74, 6) is 0.614. The lowest BCUT2D eigenvalue weighted by molar-refractivity contribution is 0.101. The molecule has 0 bridgehead atoms. The van der Waals surface area contributed by atoms with Crippen molar-refractivity contribution in [3.63, 3.8) is 0 Å². The first-order chi connectivity index (χ1) is 15.1. The number of benzene rings is 3. The van der Waals surface area contributed by atoms with E-state index >= 15 is 0 Å². The van der Waals surface area contributed by atoms with E-state index in [1.165, 1.54) is 11.8 Å². The van der Waals surface area contributed by atoms with Gasteiger partial charge < -0.3 is 5.32 Å². The smallest absolute Gasteiger partial charge is 0.255 e. The molecule has 0 unspecified atom stereocenters. The lowest BCUT2D eigenvalue weighted by Gasteiger charge is -2.06. The molecule has 2 N–H and O–H groups in total. The Morgan fingerprint density at radius 3 is 2.35 bits per heavy atom. The van der Waals surface area contributed by atoms with Crippen molar-refractivity contribution in [1.29, 1.82) is 0 Å². The summed E-state index contributed by atoms with van der Waals surface area (Å²) in [6.07, 6.45) is 0. The minimum Gasteiger partial charge on any atom is -0.322 e. The highest BCUT2D eigenvalue weighted by atomic mass is 79.9. The number of nitrogens with zero attached hydrogens (tertiary/aromatic N) is 2. The van der Waals surface area contributed by atoms with Crippen LogP contribution in [0.4, 0.5) is 5.69 Å². The lowest BCUT2D eigenvalue weighted by Crippen LogP contribution is -2.11. The van der Waals surface area contributed by atoms with Crippen LogP contribution < -0.4 is 5.32 Å². The van der Waals surface area contributed by atoms with Gasteiger partial charge in [-0.15, -0.1) is 5.10 Å². The van der Waals surface area contributed by atoms with Gasteiger partial charge in [0.1, 0.15) is 0 Å². The molecule has 1 amide bonds. The first kappa shape index (κ1) is 21.0. The maximum absolute atomic E-state index is 12.5. The summed E-state index contributed by atoms with van der Waals surface area (Å²) in [4.78, 5) is 29.2. The molecule has 4 rings (SSSR count). The maximum atomic E-state index is 12.5. The van der Waals surface area contributed by atoms with E-state index in [9.17, 15) is 9.59 Å². The van der Waals surface area contributed by atoms with Crippen LogP contribution >= 0.6 is 27.7 Å². The molecule has 0 aliphatic rings. The average Bonchev–Trinajstić information content (AvgIpc) is 3.27. The number of H-pyrrole nitrogens is 1. The average molecular weight is 493 g/mol. The first-order valence-electron chi connectivity index (χ1n) is 9.40. The van der Waals surface area contributed by atoms with Crippen LogP contribution in [0.15, 0.2) is 88.5 Å². The largest absolute Gasteiger partial charge is 0.322 e. The summed E-state index contributed by atoms with van der Waals surface area (Å²) < 4.78 is 0.915. The molecule has 1 heterocycles. The predicted molar refractivity (Wildman–Crippen MR) is 125 cm³/mol. The van der Waals surface area contributed by atoms with Crippen LogP contribution in [0.25, 0.3) is 11.4 Å². The van der Waals surface area contributed by atoms with Gasteiger partial charge in [0.25, 0.3) is 5.91 Å². The van der Waals surface area contributed by atoms with Gasteiger partial charge in [-0.05, 0) is 42.5 Å². The fourth-order valence-electron chi connectivity index (χ4n) is 2.83. The highest BCUT2D eigenvalue weighted by Crippen LogP contribution is 2.26. The van der Waals surface area contributed by atoms with Crippen LogP contribution in [-0.2, 0) is 0 Å². The van der Waals surface area contributed by atoms with Crippen molar-refractivity contribution in [2.24, 2.45) is 0 Å². The molecule has 8 heteroatoms. The van der Waals surface area contributed by atoms with E-state index < -0.39 is 0 Å². The lowest BCUT2D eigenvalue weighted by atomic mass is 10.1. The Balaban J connectivity index is 1.34. The molecule has 3 aromatic carbocycles. The molecule has 0 radical (unpaired) electrons. The highest BCUT2D eigenvalue weighted by molar-refractivity contribution is 9.10. The number of carbonyl (C=O) groups excluding carboxylic acids is 2. The highest BCUT2D eigenvalue weighted by Gasteiger charge is 2.12. The van der Waals surface area contributed by atoms with Crippen molar-refractivity contribution in [1.82, 2.24) is 15.2 Å². The third-order valence-electron chi connectivity index (χ3n) is 4.43. The molecule has 0 aliphatic carbocycles. The zero-order valence-electron chi connectivity index (χ0n) is 16.2. The van der Waals surface area contributed by atoms with Gasteiger partial charge in [0, 0.05) is 26.9 Å². The Labute approximate surface area is 191 Å². The second-order valence-corrected chi connectivity index (χ2v) is 8.35. The normalized spacial score (nSPS) is 10.6. The molecule has 6 nitrogen and oxygen atoms in total. The van der Waals surface area contributed by atoms with Gasteiger partial charge in [0.05, 0.1) is 5.75 Å². The summed E-state index contributed by atoms with van der Waals surface area (Å²) in [5, 5.41) is 10.4. The van der Waals surface area contributed by atoms with Crippen molar-refractivity contribution in [2.45, 2.75) is 5.16 Å². The first-order valence-corrected chi connectivity index (χ1v) is 11.2. The van der Waals surface area contributed by atoms with E-state index in [2.05, 4.69) is 36.4 Å². The monoisotopic (exact) mass is 492 g/mol. The molecule has 31 heavy (non-hydrogen) atoms. The van der Waals surface area contributed by atoms with Crippen molar-refractivity contribution < 1.29 is 9.59 Å². The Morgan fingerprint density at radius 2 is 1.61 bits per heavy atom.